The van der Waals surface area contributed by atoms with E-state index in [1.54, 1.807) is 29.3 Å². The van der Waals surface area contributed by atoms with E-state index in [2.05, 4.69) is 10.3 Å². The van der Waals surface area contributed by atoms with Gasteiger partial charge < -0.3 is 15.3 Å². The number of hydrogen-bond acceptors (Lipinski definition) is 4. The first-order chi connectivity index (χ1) is 17.5. The Morgan fingerprint density at radius 1 is 1.06 bits per heavy atom. The van der Waals surface area contributed by atoms with Crippen LogP contribution in [-0.2, 0) is 4.79 Å². The molecule has 3 aromatic rings. The van der Waals surface area contributed by atoms with Crippen LogP contribution in [0.5, 0.6) is 0 Å². The molecule has 2 heterocycles. The number of aromatic nitrogens is 1. The van der Waals surface area contributed by atoms with Crippen LogP contribution in [0.2, 0.25) is 5.02 Å². The number of pyridine rings is 1. The van der Waals surface area contributed by atoms with Crippen LogP contribution in [-0.4, -0.2) is 39.0 Å². The third-order valence-corrected chi connectivity index (χ3v) is 7.66. The number of amides is 2. The summed E-state index contributed by atoms with van der Waals surface area (Å²) < 4.78 is 0. The van der Waals surface area contributed by atoms with Crippen LogP contribution in [0, 0.1) is 0 Å². The lowest BCUT2D eigenvalue weighted by Crippen LogP contribution is -2.55. The maximum atomic E-state index is 14.0. The van der Waals surface area contributed by atoms with Gasteiger partial charge in [0.1, 0.15) is 0 Å². The fraction of sp³-hybridized carbons (Fsp3) is 0.345. The highest BCUT2D eigenvalue weighted by Gasteiger charge is 2.48. The number of rotatable bonds is 5. The van der Waals surface area contributed by atoms with Crippen molar-refractivity contribution in [3.05, 3.63) is 100 Å². The molecule has 1 unspecified atom stereocenters. The molecule has 1 fully saturated rings. The quantitative estimate of drug-likeness (QED) is 0.501. The highest BCUT2D eigenvalue weighted by Crippen LogP contribution is 2.46. The summed E-state index contributed by atoms with van der Waals surface area (Å²) in [5, 5.41) is 14.7. The van der Waals surface area contributed by atoms with E-state index in [1.807, 2.05) is 55.5 Å². The normalized spacial score (nSPS) is 24.6. The Morgan fingerprint density at radius 2 is 1.78 bits per heavy atom. The van der Waals surface area contributed by atoms with E-state index >= 15 is 0 Å². The van der Waals surface area contributed by atoms with Crippen LogP contribution in [0.1, 0.15) is 77.8 Å². The molecular formula is C29H30ClN3O3. The van der Waals surface area contributed by atoms with Crippen molar-refractivity contribution in [2.24, 2.45) is 0 Å². The predicted octanol–water partition coefficient (Wildman–Crippen LogP) is 5.20. The number of nitrogens with one attached hydrogen (secondary N) is 1. The first-order valence-corrected chi connectivity index (χ1v) is 12.9. The third kappa shape index (κ3) is 4.63. The topological polar surface area (TPSA) is 82.5 Å². The van der Waals surface area contributed by atoms with Gasteiger partial charge in [-0.2, -0.15) is 0 Å². The molecule has 7 heteroatoms. The largest absolute Gasteiger partial charge is 0.391 e. The molecule has 2 aromatic carbocycles. The van der Waals surface area contributed by atoms with Gasteiger partial charge in [0.2, 0.25) is 5.91 Å². The summed E-state index contributed by atoms with van der Waals surface area (Å²) in [7, 11) is 0. The zero-order valence-corrected chi connectivity index (χ0v) is 20.9. The van der Waals surface area contributed by atoms with Crippen molar-refractivity contribution in [3.8, 4) is 0 Å². The summed E-state index contributed by atoms with van der Waals surface area (Å²) in [5.41, 5.74) is 2.76. The Kier molecular flexibility index (Phi) is 7.08. The molecule has 0 bridgehead atoms. The minimum Gasteiger partial charge on any atom is -0.391 e. The SMILES string of the molecule is CC(NC(=O)[C@@H]1c2ccccc2C(=O)N([C@H]2CCCC[C@@H]2O)[C@H]1c1ccc(Cl)cc1)c1ccccn1. The second-order valence-corrected chi connectivity index (χ2v) is 10.1. The molecule has 2 amide bonds. The number of fused-ring (bicyclic) bond motifs is 1. The molecule has 0 radical (unpaired) electrons. The molecule has 1 aromatic heterocycles. The summed E-state index contributed by atoms with van der Waals surface area (Å²) in [6.45, 7) is 1.90. The Morgan fingerprint density at radius 3 is 2.50 bits per heavy atom. The van der Waals surface area contributed by atoms with Crippen molar-refractivity contribution in [2.45, 2.75) is 62.8 Å². The summed E-state index contributed by atoms with van der Waals surface area (Å²) in [5.74, 6) is -1.01. The average molecular weight is 504 g/mol. The van der Waals surface area contributed by atoms with Crippen molar-refractivity contribution >= 4 is 23.4 Å². The fourth-order valence-electron chi connectivity index (χ4n) is 5.64. The number of aliphatic hydroxyl groups is 1. The Hall–Kier alpha value is -3.22. The van der Waals surface area contributed by atoms with E-state index in [-0.39, 0.29) is 23.9 Å². The lowest BCUT2D eigenvalue weighted by atomic mass is 9.76. The van der Waals surface area contributed by atoms with E-state index in [4.69, 9.17) is 11.6 Å². The van der Waals surface area contributed by atoms with Gasteiger partial charge in [-0.05, 0) is 61.2 Å². The smallest absolute Gasteiger partial charge is 0.255 e. The lowest BCUT2D eigenvalue weighted by Gasteiger charge is -2.48. The van der Waals surface area contributed by atoms with Gasteiger partial charge in [-0.25, -0.2) is 0 Å². The zero-order chi connectivity index (χ0) is 25.2. The predicted molar refractivity (Wildman–Crippen MR) is 139 cm³/mol. The number of aliphatic hydroxyl groups excluding tert-OH is 1. The van der Waals surface area contributed by atoms with Gasteiger partial charge in [-0.1, -0.05) is 60.8 Å². The number of carbonyl (C=O) groups is 2. The van der Waals surface area contributed by atoms with E-state index in [9.17, 15) is 14.7 Å². The molecule has 0 spiro atoms. The van der Waals surface area contributed by atoms with Gasteiger partial charge in [-0.3, -0.25) is 14.6 Å². The maximum Gasteiger partial charge on any atom is 0.255 e. The monoisotopic (exact) mass is 503 g/mol. The molecule has 5 rings (SSSR count). The highest BCUT2D eigenvalue weighted by atomic mass is 35.5. The molecule has 1 aliphatic heterocycles. The van der Waals surface area contributed by atoms with Crippen molar-refractivity contribution in [1.29, 1.82) is 0 Å². The van der Waals surface area contributed by atoms with Crippen molar-refractivity contribution in [1.82, 2.24) is 15.2 Å². The van der Waals surface area contributed by atoms with E-state index in [0.717, 1.165) is 24.1 Å². The Bertz CT molecular complexity index is 1230. The molecule has 6 nitrogen and oxygen atoms in total. The van der Waals surface area contributed by atoms with Crippen molar-refractivity contribution in [3.63, 3.8) is 0 Å². The van der Waals surface area contributed by atoms with Crippen LogP contribution < -0.4 is 5.32 Å². The zero-order valence-electron chi connectivity index (χ0n) is 20.2. The molecule has 2 N–H and O–H groups in total. The van der Waals surface area contributed by atoms with Crippen molar-refractivity contribution in [2.75, 3.05) is 0 Å². The fourth-order valence-corrected chi connectivity index (χ4v) is 5.76. The molecule has 186 valence electrons. The van der Waals surface area contributed by atoms with E-state index in [0.29, 0.717) is 29.0 Å². The van der Waals surface area contributed by atoms with Crippen molar-refractivity contribution < 1.29 is 14.7 Å². The molecule has 2 aliphatic rings. The number of carbonyl (C=O) groups excluding carboxylic acids is 2. The molecule has 36 heavy (non-hydrogen) atoms. The third-order valence-electron chi connectivity index (χ3n) is 7.41. The Labute approximate surface area is 216 Å². The molecule has 1 aliphatic carbocycles. The molecule has 0 saturated heterocycles. The summed E-state index contributed by atoms with van der Waals surface area (Å²) in [6.07, 6.45) is 4.24. The number of benzene rings is 2. The van der Waals surface area contributed by atoms with Crippen LogP contribution >= 0.6 is 11.6 Å². The van der Waals surface area contributed by atoms with Gasteiger partial charge in [0.15, 0.2) is 0 Å². The molecule has 5 atom stereocenters. The lowest BCUT2D eigenvalue weighted by molar-refractivity contribution is -0.125. The second-order valence-electron chi connectivity index (χ2n) is 9.68. The minimum absolute atomic E-state index is 0.154. The number of hydrogen-bond donors (Lipinski definition) is 2. The van der Waals surface area contributed by atoms with Gasteiger partial charge in [0, 0.05) is 16.8 Å². The first kappa shape index (κ1) is 24.5. The second kappa shape index (κ2) is 10.4. The highest BCUT2D eigenvalue weighted by molar-refractivity contribution is 6.30. The van der Waals surface area contributed by atoms with Gasteiger partial charge in [-0.15, -0.1) is 0 Å². The summed E-state index contributed by atoms with van der Waals surface area (Å²) >= 11 is 6.20. The molecule has 1 saturated carbocycles. The summed E-state index contributed by atoms with van der Waals surface area (Å²) in [6, 6.07) is 19.0. The minimum atomic E-state index is -0.666. The van der Waals surface area contributed by atoms with Crippen LogP contribution in [0.4, 0.5) is 0 Å². The number of halogens is 1. The standard InChI is InChI=1S/C29H30ClN3O3/c1-18(23-10-6-7-17-31-23)32-28(35)26-21-8-2-3-9-22(21)29(36)33(24-11-4-5-12-25(24)34)27(26)19-13-15-20(30)16-14-19/h2-3,6-10,13-18,24-27,34H,4-5,11-12H2,1H3,(H,32,35)/t18?,24-,25-,26+,27-/m0/s1. The van der Waals surface area contributed by atoms with Crippen LogP contribution in [0.3, 0.4) is 0 Å². The van der Waals surface area contributed by atoms with Gasteiger partial charge >= 0.3 is 0 Å². The summed E-state index contributed by atoms with van der Waals surface area (Å²) in [4.78, 5) is 34.2. The van der Waals surface area contributed by atoms with Crippen LogP contribution in [0.15, 0.2) is 72.9 Å². The van der Waals surface area contributed by atoms with Crippen LogP contribution in [0.25, 0.3) is 0 Å². The van der Waals surface area contributed by atoms with E-state index in [1.165, 1.54) is 0 Å². The molecular weight excluding hydrogens is 474 g/mol. The first-order valence-electron chi connectivity index (χ1n) is 12.5. The van der Waals surface area contributed by atoms with E-state index < -0.39 is 18.1 Å². The maximum absolute atomic E-state index is 14.0. The number of nitrogens with zero attached hydrogens (tertiary/aromatic N) is 2. The average Bonchev–Trinajstić information content (AvgIpc) is 2.90. The Balaban J connectivity index is 1.62. The van der Waals surface area contributed by atoms with Gasteiger partial charge in [0.25, 0.3) is 5.91 Å². The van der Waals surface area contributed by atoms with Gasteiger partial charge in [0.05, 0.1) is 35.8 Å².